The minimum absolute atomic E-state index is 0.0937. The highest BCUT2D eigenvalue weighted by Gasteiger charge is 2.26. The Morgan fingerprint density at radius 1 is 1.08 bits per heavy atom. The fourth-order valence-electron chi connectivity index (χ4n) is 2.66. The van der Waals surface area contributed by atoms with Crippen LogP contribution in [0.3, 0.4) is 0 Å². The largest absolute Gasteiger partial charge is 0.454 e. The van der Waals surface area contributed by atoms with E-state index in [9.17, 15) is 9.59 Å². The van der Waals surface area contributed by atoms with Crippen LogP contribution in [0.4, 0.5) is 5.69 Å². The fourth-order valence-corrected chi connectivity index (χ4v) is 3.54. The minimum atomic E-state index is -0.516. The number of para-hydroxylation sites is 2. The Bertz CT molecular complexity index is 964. The molecule has 1 amide bonds. The lowest BCUT2D eigenvalue weighted by atomic mass is 10.1. The summed E-state index contributed by atoms with van der Waals surface area (Å²) in [6.45, 7) is 0.0937. The van der Waals surface area contributed by atoms with E-state index in [1.807, 2.05) is 42.5 Å². The number of anilines is 1. The monoisotopic (exact) mass is 365 g/mol. The Hall–Kier alpha value is -3.06. The second-order valence-electron chi connectivity index (χ2n) is 5.74. The summed E-state index contributed by atoms with van der Waals surface area (Å²) in [5.74, 6) is -0.656. The number of hydrogen-bond donors (Lipinski definition) is 0. The maximum atomic E-state index is 12.4. The second-order valence-corrected chi connectivity index (χ2v) is 6.85. The Balaban J connectivity index is 1.47. The van der Waals surface area contributed by atoms with Crippen molar-refractivity contribution >= 4 is 44.8 Å². The third-order valence-electron chi connectivity index (χ3n) is 3.93. The molecule has 0 bridgehead atoms. The molecule has 4 rings (SSSR count). The summed E-state index contributed by atoms with van der Waals surface area (Å²) in [5.41, 5.74) is 1.77. The van der Waals surface area contributed by atoms with Gasteiger partial charge in [-0.3, -0.25) is 4.79 Å². The van der Waals surface area contributed by atoms with Crippen LogP contribution in [0.1, 0.15) is 17.8 Å². The van der Waals surface area contributed by atoms with E-state index in [2.05, 4.69) is 10.1 Å². The molecule has 0 radical (unpaired) electrons. The normalized spacial score (nSPS) is 14.4. The number of hydrazone groups is 1. The van der Waals surface area contributed by atoms with E-state index in [1.165, 1.54) is 16.3 Å². The van der Waals surface area contributed by atoms with E-state index in [1.54, 1.807) is 12.1 Å². The standard InChI is InChI=1S/C19H15N3O3S/c23-18-11-10-15(21-22(18)13-6-2-1-3-7-13)19(24)25-12-17-20-14-8-4-5-9-16(14)26-17/h1-9H,10-12H2. The number of esters is 1. The van der Waals surface area contributed by atoms with E-state index in [0.717, 1.165) is 15.2 Å². The van der Waals surface area contributed by atoms with Crippen molar-refractivity contribution in [2.24, 2.45) is 5.10 Å². The van der Waals surface area contributed by atoms with Crippen LogP contribution in [-0.2, 0) is 20.9 Å². The molecule has 0 saturated heterocycles. The van der Waals surface area contributed by atoms with Crippen molar-refractivity contribution in [2.45, 2.75) is 19.4 Å². The van der Waals surface area contributed by atoms with Crippen LogP contribution >= 0.6 is 11.3 Å². The number of hydrogen-bond acceptors (Lipinski definition) is 6. The van der Waals surface area contributed by atoms with Crippen molar-refractivity contribution in [2.75, 3.05) is 5.01 Å². The minimum Gasteiger partial charge on any atom is -0.454 e. The van der Waals surface area contributed by atoms with Crippen LogP contribution in [0, 0.1) is 0 Å². The zero-order valence-electron chi connectivity index (χ0n) is 13.8. The van der Waals surface area contributed by atoms with Gasteiger partial charge in [0.05, 0.1) is 15.9 Å². The van der Waals surface area contributed by atoms with Gasteiger partial charge in [-0.2, -0.15) is 5.10 Å². The van der Waals surface area contributed by atoms with Gasteiger partial charge in [0.2, 0.25) is 5.91 Å². The van der Waals surface area contributed by atoms with Crippen molar-refractivity contribution in [3.8, 4) is 0 Å². The fraction of sp³-hybridized carbons (Fsp3) is 0.158. The molecule has 0 fully saturated rings. The number of nitrogens with zero attached hydrogens (tertiary/aromatic N) is 3. The Morgan fingerprint density at radius 2 is 1.85 bits per heavy atom. The van der Waals surface area contributed by atoms with Crippen LogP contribution in [0.2, 0.25) is 0 Å². The van der Waals surface area contributed by atoms with Crippen molar-refractivity contribution in [3.63, 3.8) is 0 Å². The van der Waals surface area contributed by atoms with Crippen LogP contribution in [-0.4, -0.2) is 22.6 Å². The van der Waals surface area contributed by atoms with Gasteiger partial charge >= 0.3 is 5.97 Å². The maximum absolute atomic E-state index is 12.4. The second kappa shape index (κ2) is 7.05. The van der Waals surface area contributed by atoms with Crippen LogP contribution in [0.15, 0.2) is 59.7 Å². The predicted molar refractivity (Wildman–Crippen MR) is 100 cm³/mol. The Morgan fingerprint density at radius 3 is 2.65 bits per heavy atom. The molecule has 1 aliphatic heterocycles. The quantitative estimate of drug-likeness (QED) is 0.663. The molecule has 0 atom stereocenters. The van der Waals surface area contributed by atoms with Gasteiger partial charge in [-0.05, 0) is 24.3 Å². The number of benzene rings is 2. The Kier molecular flexibility index (Phi) is 4.45. The molecule has 1 aromatic heterocycles. The summed E-state index contributed by atoms with van der Waals surface area (Å²) in [5, 5.41) is 6.19. The summed E-state index contributed by atoms with van der Waals surface area (Å²) in [7, 11) is 0. The molecule has 2 heterocycles. The van der Waals surface area contributed by atoms with Gasteiger partial charge in [0.1, 0.15) is 17.3 Å². The number of thiazole rings is 1. The molecule has 26 heavy (non-hydrogen) atoms. The summed E-state index contributed by atoms with van der Waals surface area (Å²) >= 11 is 1.49. The number of aromatic nitrogens is 1. The number of carbonyl (C=O) groups is 2. The summed E-state index contributed by atoms with van der Waals surface area (Å²) in [4.78, 5) is 28.9. The predicted octanol–water partition coefficient (Wildman–Crippen LogP) is 3.52. The molecule has 1 aliphatic rings. The van der Waals surface area contributed by atoms with E-state index < -0.39 is 5.97 Å². The van der Waals surface area contributed by atoms with Crippen LogP contribution in [0.25, 0.3) is 10.2 Å². The summed E-state index contributed by atoms with van der Waals surface area (Å²) < 4.78 is 6.41. The first-order chi connectivity index (χ1) is 12.7. The Labute approximate surface area is 153 Å². The van der Waals surface area contributed by atoms with Crippen molar-refractivity contribution in [1.29, 1.82) is 0 Å². The smallest absolute Gasteiger partial charge is 0.354 e. The number of fused-ring (bicyclic) bond motifs is 1. The van der Waals surface area contributed by atoms with Gasteiger partial charge in [0.25, 0.3) is 0 Å². The van der Waals surface area contributed by atoms with Crippen molar-refractivity contribution in [3.05, 3.63) is 59.6 Å². The lowest BCUT2D eigenvalue weighted by molar-refractivity contribution is -0.137. The number of amides is 1. The molecule has 0 aliphatic carbocycles. The molecule has 0 saturated carbocycles. The summed E-state index contributed by atoms with van der Waals surface area (Å²) in [6, 6.07) is 16.8. The third-order valence-corrected chi connectivity index (χ3v) is 4.94. The molecule has 0 spiro atoms. The van der Waals surface area contributed by atoms with Crippen LogP contribution < -0.4 is 5.01 Å². The number of carbonyl (C=O) groups excluding carboxylic acids is 2. The van der Waals surface area contributed by atoms with Gasteiger partial charge in [-0.25, -0.2) is 14.8 Å². The molecule has 7 heteroatoms. The van der Waals surface area contributed by atoms with E-state index in [0.29, 0.717) is 5.69 Å². The first-order valence-electron chi connectivity index (χ1n) is 8.18. The maximum Gasteiger partial charge on any atom is 0.354 e. The average Bonchev–Trinajstić information content (AvgIpc) is 3.10. The zero-order chi connectivity index (χ0) is 17.9. The van der Waals surface area contributed by atoms with Crippen molar-refractivity contribution < 1.29 is 14.3 Å². The lowest BCUT2D eigenvalue weighted by Gasteiger charge is -2.22. The lowest BCUT2D eigenvalue weighted by Crippen LogP contribution is -2.34. The molecule has 130 valence electrons. The molecule has 3 aromatic rings. The third kappa shape index (κ3) is 3.34. The molecule has 0 unspecified atom stereocenters. The van der Waals surface area contributed by atoms with E-state index in [-0.39, 0.29) is 31.1 Å². The van der Waals surface area contributed by atoms with Gasteiger partial charge in [-0.15, -0.1) is 11.3 Å². The molecule has 2 aromatic carbocycles. The highest BCUT2D eigenvalue weighted by molar-refractivity contribution is 7.18. The average molecular weight is 365 g/mol. The van der Waals surface area contributed by atoms with E-state index >= 15 is 0 Å². The molecular weight excluding hydrogens is 350 g/mol. The van der Waals surface area contributed by atoms with Gasteiger partial charge in [0.15, 0.2) is 0 Å². The molecule has 0 N–H and O–H groups in total. The zero-order valence-corrected chi connectivity index (χ0v) is 14.6. The van der Waals surface area contributed by atoms with E-state index in [4.69, 9.17) is 4.74 Å². The van der Waals surface area contributed by atoms with Gasteiger partial charge < -0.3 is 4.74 Å². The van der Waals surface area contributed by atoms with Crippen LogP contribution in [0.5, 0.6) is 0 Å². The van der Waals surface area contributed by atoms with Crippen molar-refractivity contribution in [1.82, 2.24) is 4.98 Å². The first-order valence-corrected chi connectivity index (χ1v) is 8.99. The SMILES string of the molecule is O=C(OCc1nc2ccccc2s1)C1=NN(c2ccccc2)C(=O)CC1. The highest BCUT2D eigenvalue weighted by Crippen LogP contribution is 2.23. The topological polar surface area (TPSA) is 71.9 Å². The summed E-state index contributed by atoms with van der Waals surface area (Å²) in [6.07, 6.45) is 0.505. The molecule has 6 nitrogen and oxygen atoms in total. The molecular formula is C19H15N3O3S. The first kappa shape index (κ1) is 16.4. The van der Waals surface area contributed by atoms with Gasteiger partial charge in [-0.1, -0.05) is 30.3 Å². The number of ether oxygens (including phenoxy) is 1. The highest BCUT2D eigenvalue weighted by atomic mass is 32.1. The van der Waals surface area contributed by atoms with Gasteiger partial charge in [0, 0.05) is 12.8 Å². The number of rotatable bonds is 4.